The van der Waals surface area contributed by atoms with Gasteiger partial charge in [0.15, 0.2) is 5.11 Å². The van der Waals surface area contributed by atoms with E-state index in [4.69, 9.17) is 17.0 Å². The number of ether oxygens (including phenoxy) is 1. The zero-order chi connectivity index (χ0) is 22.0. The zero-order valence-electron chi connectivity index (χ0n) is 16.0. The largest absolute Gasteiger partial charge is 0.487 e. The van der Waals surface area contributed by atoms with E-state index in [2.05, 4.69) is 51.3 Å². The molecule has 1 aliphatic heterocycles. The average molecular weight is 643 g/mol. The molecule has 30 heavy (non-hydrogen) atoms. The third-order valence-electron chi connectivity index (χ3n) is 4.49. The van der Waals surface area contributed by atoms with Gasteiger partial charge in [-0.3, -0.25) is 19.4 Å². The van der Waals surface area contributed by atoms with Gasteiger partial charge in [-0.1, -0.05) is 18.2 Å². The van der Waals surface area contributed by atoms with Crippen LogP contribution in [0.5, 0.6) is 5.75 Å². The molecular weight excluding hydrogens is 628 g/mol. The number of amides is 2. The van der Waals surface area contributed by atoms with Crippen LogP contribution in [0.3, 0.4) is 0 Å². The van der Waals surface area contributed by atoms with Crippen molar-refractivity contribution in [2.45, 2.75) is 6.61 Å². The normalized spacial score (nSPS) is 14.1. The molecule has 0 N–H and O–H groups in total. The van der Waals surface area contributed by atoms with E-state index >= 15 is 0 Å². The molecule has 0 unspecified atom stereocenters. The molecule has 0 aliphatic carbocycles. The van der Waals surface area contributed by atoms with Crippen molar-refractivity contribution in [2.24, 2.45) is 0 Å². The summed E-state index contributed by atoms with van der Waals surface area (Å²) in [5, 5.41) is 9.45. The number of nitriles is 1. The van der Waals surface area contributed by atoms with Crippen LogP contribution in [0, 0.1) is 18.5 Å². The number of carbonyl (C=O) groups is 2. The smallest absolute Gasteiger partial charge is 0.265 e. The highest BCUT2D eigenvalue weighted by Gasteiger charge is 2.35. The molecule has 0 atom stereocenters. The zero-order valence-corrected chi connectivity index (χ0v) is 21.1. The Hall–Kier alpha value is -2.04. The van der Waals surface area contributed by atoms with E-state index in [1.54, 1.807) is 12.1 Å². The highest BCUT2D eigenvalue weighted by Crippen LogP contribution is 2.32. The van der Waals surface area contributed by atoms with E-state index in [1.165, 1.54) is 30.0 Å². The topological polar surface area (TPSA) is 73.6 Å². The van der Waals surface area contributed by atoms with Crippen molar-refractivity contribution in [1.29, 1.82) is 5.26 Å². The van der Waals surface area contributed by atoms with E-state index in [0.717, 1.165) is 12.7 Å². The van der Waals surface area contributed by atoms with Gasteiger partial charge < -0.3 is 4.74 Å². The van der Waals surface area contributed by atoms with Crippen LogP contribution in [0.2, 0.25) is 0 Å². The van der Waals surface area contributed by atoms with Crippen LogP contribution >= 0.6 is 57.4 Å². The first-order chi connectivity index (χ1) is 14.2. The minimum atomic E-state index is -0.460. The molecule has 1 heterocycles. The monoisotopic (exact) mass is 643 g/mol. The molecule has 0 radical (unpaired) electrons. The third-order valence-corrected chi connectivity index (χ3v) is 6.46. The van der Waals surface area contributed by atoms with Crippen molar-refractivity contribution in [1.82, 2.24) is 9.80 Å². The van der Waals surface area contributed by atoms with Gasteiger partial charge in [-0.05, 0) is 81.7 Å². The summed E-state index contributed by atoms with van der Waals surface area (Å²) in [7, 11) is 3.08. The van der Waals surface area contributed by atoms with Gasteiger partial charge in [0, 0.05) is 28.8 Å². The number of halogens is 2. The predicted octanol–water partition coefficient (Wildman–Crippen LogP) is 3.95. The lowest BCUT2D eigenvalue weighted by atomic mass is 10.1. The Morgan fingerprint density at radius 3 is 2.40 bits per heavy atom. The summed E-state index contributed by atoms with van der Waals surface area (Å²) in [5.41, 5.74) is 1.90. The fraction of sp³-hybridized carbons (Fsp3) is 0.143. The predicted molar refractivity (Wildman–Crippen MR) is 133 cm³/mol. The fourth-order valence-corrected chi connectivity index (χ4v) is 5.09. The van der Waals surface area contributed by atoms with Crippen LogP contribution < -0.4 is 4.74 Å². The van der Waals surface area contributed by atoms with Gasteiger partial charge in [0.1, 0.15) is 17.9 Å². The first-order valence-corrected chi connectivity index (χ1v) is 11.2. The van der Waals surface area contributed by atoms with E-state index in [9.17, 15) is 14.9 Å². The van der Waals surface area contributed by atoms with E-state index < -0.39 is 11.8 Å². The molecule has 152 valence electrons. The number of rotatable bonds is 4. The van der Waals surface area contributed by atoms with Gasteiger partial charge in [-0.2, -0.15) is 5.26 Å². The first-order valence-electron chi connectivity index (χ1n) is 8.66. The molecular formula is C21H15I2N3O3S. The van der Waals surface area contributed by atoms with Crippen molar-refractivity contribution >= 4 is 80.4 Å². The number of benzene rings is 2. The van der Waals surface area contributed by atoms with Crippen LogP contribution in [-0.4, -0.2) is 40.8 Å². The number of carbonyl (C=O) groups excluding carboxylic acids is 2. The molecule has 1 fully saturated rings. The maximum atomic E-state index is 12.7. The molecule has 0 bridgehead atoms. The van der Waals surface area contributed by atoms with Crippen LogP contribution in [0.15, 0.2) is 42.0 Å². The summed E-state index contributed by atoms with van der Waals surface area (Å²) < 4.78 is 7.82. The van der Waals surface area contributed by atoms with Crippen molar-refractivity contribution in [3.63, 3.8) is 0 Å². The van der Waals surface area contributed by atoms with Crippen molar-refractivity contribution in [3.05, 3.63) is 65.8 Å². The summed E-state index contributed by atoms with van der Waals surface area (Å²) >= 11 is 9.46. The molecule has 0 spiro atoms. The Morgan fingerprint density at radius 1 is 1.13 bits per heavy atom. The molecule has 9 heteroatoms. The van der Waals surface area contributed by atoms with Crippen molar-refractivity contribution in [3.8, 4) is 11.8 Å². The summed E-state index contributed by atoms with van der Waals surface area (Å²) in [6.07, 6.45) is 1.54. The third kappa shape index (κ3) is 4.50. The summed E-state index contributed by atoms with van der Waals surface area (Å²) in [5.74, 6) is -0.384. The van der Waals surface area contributed by atoms with Gasteiger partial charge in [-0.15, -0.1) is 0 Å². The molecule has 1 saturated heterocycles. The Kier molecular flexibility index (Phi) is 7.10. The van der Waals surface area contributed by atoms with Gasteiger partial charge in [0.05, 0.1) is 15.2 Å². The van der Waals surface area contributed by atoms with E-state index in [1.807, 2.05) is 24.3 Å². The summed E-state index contributed by atoms with van der Waals surface area (Å²) in [4.78, 5) is 27.9. The molecule has 0 aromatic heterocycles. The minimum absolute atomic E-state index is 0.00803. The number of hydrogen-bond acceptors (Lipinski definition) is 5. The second kappa shape index (κ2) is 9.40. The molecule has 2 amide bonds. The molecule has 3 rings (SSSR count). The highest BCUT2D eigenvalue weighted by molar-refractivity contribution is 14.1. The minimum Gasteiger partial charge on any atom is -0.487 e. The molecule has 0 saturated carbocycles. The summed E-state index contributed by atoms with van der Waals surface area (Å²) in [6.45, 7) is 0.183. The lowest BCUT2D eigenvalue weighted by Crippen LogP contribution is -2.52. The van der Waals surface area contributed by atoms with Gasteiger partial charge in [-0.25, -0.2) is 0 Å². The van der Waals surface area contributed by atoms with E-state index in [-0.39, 0.29) is 17.3 Å². The number of hydrogen-bond donors (Lipinski definition) is 0. The number of thiocarbonyl (C=S) groups is 1. The van der Waals surface area contributed by atoms with Crippen LogP contribution in [0.1, 0.15) is 16.7 Å². The molecule has 2 aromatic rings. The standard InChI is InChI=1S/C21H15I2N3O3S/c1-25-19(27)16(20(28)26(2)21(25)30)8-14-7-15(22)9-17(23)18(14)29-11-13-6-4-3-5-12(13)10-24/h3-9H,11H2,1-2H3. The molecule has 2 aromatic carbocycles. The van der Waals surface area contributed by atoms with Crippen LogP contribution in [0.25, 0.3) is 6.08 Å². The van der Waals surface area contributed by atoms with Crippen LogP contribution in [-0.2, 0) is 16.2 Å². The van der Waals surface area contributed by atoms with Crippen molar-refractivity contribution in [2.75, 3.05) is 14.1 Å². The molecule has 6 nitrogen and oxygen atoms in total. The second-order valence-corrected chi connectivity index (χ2v) is 9.21. The maximum absolute atomic E-state index is 12.7. The Bertz CT molecular complexity index is 1110. The average Bonchev–Trinajstić information content (AvgIpc) is 2.73. The Balaban J connectivity index is 2.02. The lowest BCUT2D eigenvalue weighted by Gasteiger charge is -2.31. The summed E-state index contributed by atoms with van der Waals surface area (Å²) in [6, 6.07) is 13.1. The van der Waals surface area contributed by atoms with Crippen molar-refractivity contribution < 1.29 is 14.3 Å². The SMILES string of the molecule is CN1C(=O)C(=Cc2cc(I)cc(I)c2OCc2ccccc2C#N)C(=O)N(C)C1=S. The molecule has 1 aliphatic rings. The van der Waals surface area contributed by atoms with Gasteiger partial charge >= 0.3 is 0 Å². The van der Waals surface area contributed by atoms with Crippen LogP contribution in [0.4, 0.5) is 0 Å². The Labute approximate surface area is 206 Å². The first kappa shape index (κ1) is 22.6. The number of likely N-dealkylation sites (N-methyl/N-ethyl adjacent to an activating group) is 2. The van der Waals surface area contributed by atoms with E-state index in [0.29, 0.717) is 16.9 Å². The maximum Gasteiger partial charge on any atom is 0.265 e. The fourth-order valence-electron chi connectivity index (χ4n) is 2.88. The lowest BCUT2D eigenvalue weighted by molar-refractivity contribution is -0.132. The van der Waals surface area contributed by atoms with Gasteiger partial charge in [0.2, 0.25) is 0 Å². The number of nitrogens with zero attached hydrogens (tertiary/aromatic N) is 3. The Morgan fingerprint density at radius 2 is 1.77 bits per heavy atom. The van der Waals surface area contributed by atoms with Gasteiger partial charge in [0.25, 0.3) is 11.8 Å². The quantitative estimate of drug-likeness (QED) is 0.219. The second-order valence-electron chi connectivity index (χ2n) is 6.43. The highest BCUT2D eigenvalue weighted by atomic mass is 127.